The summed E-state index contributed by atoms with van der Waals surface area (Å²) in [4.78, 5) is 0. The predicted octanol–water partition coefficient (Wildman–Crippen LogP) is 3.05. The summed E-state index contributed by atoms with van der Waals surface area (Å²) in [6, 6.07) is 5.90. The van der Waals surface area contributed by atoms with Gasteiger partial charge in [0.25, 0.3) is 0 Å². The summed E-state index contributed by atoms with van der Waals surface area (Å²) in [5.74, 6) is 0.602. The van der Waals surface area contributed by atoms with Crippen molar-refractivity contribution in [3.63, 3.8) is 0 Å². The van der Waals surface area contributed by atoms with Crippen LogP contribution in [-0.2, 0) is 0 Å². The van der Waals surface area contributed by atoms with Gasteiger partial charge in [0, 0.05) is 17.3 Å². The van der Waals surface area contributed by atoms with Gasteiger partial charge in [-0.25, -0.2) is 0 Å². The highest BCUT2D eigenvalue weighted by molar-refractivity contribution is 6.30. The van der Waals surface area contributed by atoms with Crippen molar-refractivity contribution in [2.24, 2.45) is 11.7 Å². The number of hydrogen-bond acceptors (Lipinski definition) is 2. The molecule has 0 heterocycles. The first-order valence-corrected chi connectivity index (χ1v) is 5.71. The fourth-order valence-electron chi connectivity index (χ4n) is 1.50. The maximum atomic E-state index is 5.89. The van der Waals surface area contributed by atoms with Gasteiger partial charge in [-0.1, -0.05) is 18.5 Å². The second-order valence-electron chi connectivity index (χ2n) is 4.02. The highest BCUT2D eigenvalue weighted by Gasteiger charge is 2.02. The zero-order valence-corrected chi connectivity index (χ0v) is 10.1. The first kappa shape index (κ1) is 12.3. The van der Waals surface area contributed by atoms with Crippen LogP contribution < -0.4 is 11.1 Å². The molecule has 0 spiro atoms. The topological polar surface area (TPSA) is 38.0 Å². The number of rotatable bonds is 5. The lowest BCUT2D eigenvalue weighted by atomic mass is 10.1. The molecule has 0 radical (unpaired) electrons. The maximum absolute atomic E-state index is 5.89. The number of nitrogens with one attached hydrogen (secondary N) is 1. The van der Waals surface area contributed by atoms with Crippen molar-refractivity contribution < 1.29 is 0 Å². The first-order chi connectivity index (χ1) is 7.13. The molecule has 1 atom stereocenters. The van der Waals surface area contributed by atoms with Gasteiger partial charge in [-0.2, -0.15) is 0 Å². The Morgan fingerprint density at radius 3 is 2.80 bits per heavy atom. The molecular weight excluding hydrogens is 208 g/mol. The summed E-state index contributed by atoms with van der Waals surface area (Å²) in [6.45, 7) is 5.97. The van der Waals surface area contributed by atoms with Crippen LogP contribution in [0.4, 0.5) is 5.69 Å². The molecular formula is C12H19ClN2. The Bertz CT molecular complexity index is 312. The minimum absolute atomic E-state index is 0.602. The van der Waals surface area contributed by atoms with Gasteiger partial charge in [0.2, 0.25) is 0 Å². The van der Waals surface area contributed by atoms with E-state index in [2.05, 4.69) is 19.2 Å². The Morgan fingerprint density at radius 1 is 1.47 bits per heavy atom. The van der Waals surface area contributed by atoms with E-state index in [4.69, 9.17) is 17.3 Å². The van der Waals surface area contributed by atoms with E-state index >= 15 is 0 Å². The third kappa shape index (κ3) is 4.10. The summed E-state index contributed by atoms with van der Waals surface area (Å²) < 4.78 is 0. The van der Waals surface area contributed by atoms with E-state index in [0.717, 1.165) is 30.2 Å². The second-order valence-corrected chi connectivity index (χ2v) is 4.46. The Kier molecular flexibility index (Phi) is 4.92. The van der Waals surface area contributed by atoms with Gasteiger partial charge in [0.1, 0.15) is 0 Å². The molecule has 1 unspecified atom stereocenters. The van der Waals surface area contributed by atoms with E-state index in [0.29, 0.717) is 5.92 Å². The molecule has 0 saturated carbocycles. The van der Waals surface area contributed by atoms with Crippen molar-refractivity contribution in [1.29, 1.82) is 0 Å². The summed E-state index contributed by atoms with van der Waals surface area (Å²) in [5, 5.41) is 4.20. The third-order valence-corrected chi connectivity index (χ3v) is 2.72. The molecule has 15 heavy (non-hydrogen) atoms. The number of anilines is 1. The van der Waals surface area contributed by atoms with E-state index in [1.807, 2.05) is 18.2 Å². The van der Waals surface area contributed by atoms with Crippen LogP contribution in [0.2, 0.25) is 5.02 Å². The van der Waals surface area contributed by atoms with Crippen LogP contribution in [0.5, 0.6) is 0 Å². The van der Waals surface area contributed by atoms with Crippen LogP contribution in [0.1, 0.15) is 18.9 Å². The molecule has 3 heteroatoms. The van der Waals surface area contributed by atoms with Crippen LogP contribution >= 0.6 is 11.6 Å². The number of hydrogen-bond donors (Lipinski definition) is 2. The van der Waals surface area contributed by atoms with Crippen molar-refractivity contribution in [2.75, 3.05) is 18.4 Å². The average Bonchev–Trinajstić information content (AvgIpc) is 2.17. The SMILES string of the molecule is Cc1cc(Cl)ccc1NCC(C)CCN. The minimum Gasteiger partial charge on any atom is -0.385 e. The zero-order chi connectivity index (χ0) is 11.3. The Morgan fingerprint density at radius 2 is 2.20 bits per heavy atom. The van der Waals surface area contributed by atoms with Gasteiger partial charge in [-0.15, -0.1) is 0 Å². The van der Waals surface area contributed by atoms with E-state index in [9.17, 15) is 0 Å². The highest BCUT2D eigenvalue weighted by atomic mass is 35.5. The van der Waals surface area contributed by atoms with Gasteiger partial charge in [-0.3, -0.25) is 0 Å². The molecule has 0 amide bonds. The van der Waals surface area contributed by atoms with E-state index < -0.39 is 0 Å². The molecule has 0 aromatic heterocycles. The summed E-state index contributed by atoms with van der Waals surface area (Å²) in [7, 11) is 0. The average molecular weight is 227 g/mol. The molecule has 0 aliphatic carbocycles. The molecule has 0 fully saturated rings. The van der Waals surface area contributed by atoms with Gasteiger partial charge >= 0.3 is 0 Å². The van der Waals surface area contributed by atoms with E-state index in [1.165, 1.54) is 5.56 Å². The Hall–Kier alpha value is -0.730. The molecule has 3 N–H and O–H groups in total. The van der Waals surface area contributed by atoms with Gasteiger partial charge < -0.3 is 11.1 Å². The fourth-order valence-corrected chi connectivity index (χ4v) is 1.72. The molecule has 0 saturated heterocycles. The molecule has 84 valence electrons. The van der Waals surface area contributed by atoms with E-state index in [-0.39, 0.29) is 0 Å². The highest BCUT2D eigenvalue weighted by Crippen LogP contribution is 2.19. The first-order valence-electron chi connectivity index (χ1n) is 5.33. The van der Waals surface area contributed by atoms with E-state index in [1.54, 1.807) is 0 Å². The fraction of sp³-hybridized carbons (Fsp3) is 0.500. The van der Waals surface area contributed by atoms with Crippen LogP contribution in [0.25, 0.3) is 0 Å². The molecule has 1 rings (SSSR count). The van der Waals surface area contributed by atoms with Crippen LogP contribution in [0.3, 0.4) is 0 Å². The zero-order valence-electron chi connectivity index (χ0n) is 9.39. The lowest BCUT2D eigenvalue weighted by molar-refractivity contribution is 0.568. The molecule has 2 nitrogen and oxygen atoms in total. The Balaban J connectivity index is 2.50. The smallest absolute Gasteiger partial charge is 0.0410 e. The van der Waals surface area contributed by atoms with Crippen molar-refractivity contribution in [3.05, 3.63) is 28.8 Å². The third-order valence-electron chi connectivity index (χ3n) is 2.49. The maximum Gasteiger partial charge on any atom is 0.0410 e. The monoisotopic (exact) mass is 226 g/mol. The summed E-state index contributed by atoms with van der Waals surface area (Å²) in [5.41, 5.74) is 7.84. The normalized spacial score (nSPS) is 12.5. The van der Waals surface area contributed by atoms with Crippen LogP contribution in [-0.4, -0.2) is 13.1 Å². The Labute approximate surface area is 96.8 Å². The van der Waals surface area contributed by atoms with Gasteiger partial charge in [0.15, 0.2) is 0 Å². The van der Waals surface area contributed by atoms with Crippen molar-refractivity contribution in [3.8, 4) is 0 Å². The lowest BCUT2D eigenvalue weighted by Gasteiger charge is -2.14. The van der Waals surface area contributed by atoms with Crippen LogP contribution in [0.15, 0.2) is 18.2 Å². The second kappa shape index (κ2) is 5.99. The molecule has 1 aromatic rings. The summed E-state index contributed by atoms with van der Waals surface area (Å²) >= 11 is 5.89. The number of benzene rings is 1. The molecule has 0 aliphatic rings. The molecule has 1 aromatic carbocycles. The largest absolute Gasteiger partial charge is 0.385 e. The molecule has 0 bridgehead atoms. The van der Waals surface area contributed by atoms with Crippen molar-refractivity contribution in [2.45, 2.75) is 20.3 Å². The minimum atomic E-state index is 0.602. The summed E-state index contributed by atoms with van der Waals surface area (Å²) in [6.07, 6.45) is 1.06. The van der Waals surface area contributed by atoms with Gasteiger partial charge in [0.05, 0.1) is 0 Å². The van der Waals surface area contributed by atoms with Crippen molar-refractivity contribution in [1.82, 2.24) is 0 Å². The number of halogens is 1. The number of nitrogens with two attached hydrogens (primary N) is 1. The quantitative estimate of drug-likeness (QED) is 0.810. The van der Waals surface area contributed by atoms with Gasteiger partial charge in [-0.05, 0) is 49.6 Å². The number of aryl methyl sites for hydroxylation is 1. The lowest BCUT2D eigenvalue weighted by Crippen LogP contribution is -2.15. The van der Waals surface area contributed by atoms with Crippen LogP contribution in [0, 0.1) is 12.8 Å². The standard InChI is InChI=1S/C12H19ClN2/c1-9(5-6-14)8-15-12-4-3-11(13)7-10(12)2/h3-4,7,9,15H,5-6,8,14H2,1-2H3. The van der Waals surface area contributed by atoms with Crippen molar-refractivity contribution >= 4 is 17.3 Å². The predicted molar refractivity (Wildman–Crippen MR) is 67.5 cm³/mol. The molecule has 0 aliphatic heterocycles.